The lowest BCUT2D eigenvalue weighted by atomic mass is 10.1. The van der Waals surface area contributed by atoms with Gasteiger partial charge in [-0.3, -0.25) is 0 Å². The van der Waals surface area contributed by atoms with E-state index in [1.54, 1.807) is 7.11 Å². The number of anilines is 1. The van der Waals surface area contributed by atoms with Crippen molar-refractivity contribution in [3.8, 4) is 16.9 Å². The van der Waals surface area contributed by atoms with Crippen LogP contribution in [0, 0.1) is 12.8 Å². The minimum atomic E-state index is 0.665. The molecule has 0 radical (unpaired) electrons. The van der Waals surface area contributed by atoms with Gasteiger partial charge in [0.05, 0.1) is 18.9 Å². The number of aromatic nitrogens is 3. The fourth-order valence-corrected chi connectivity index (χ4v) is 2.76. The predicted molar refractivity (Wildman–Crippen MR) is 97.7 cm³/mol. The second-order valence-corrected chi connectivity index (χ2v) is 6.39. The zero-order valence-corrected chi connectivity index (χ0v) is 14.7. The second kappa shape index (κ2) is 6.91. The van der Waals surface area contributed by atoms with Crippen molar-refractivity contribution in [1.82, 2.24) is 14.6 Å². The third-order valence-electron chi connectivity index (χ3n) is 4.02. The zero-order chi connectivity index (χ0) is 17.1. The Morgan fingerprint density at radius 3 is 2.75 bits per heavy atom. The van der Waals surface area contributed by atoms with E-state index in [0.29, 0.717) is 5.92 Å². The lowest BCUT2D eigenvalue weighted by molar-refractivity contribution is 0.416. The number of fused-ring (bicyclic) bond motifs is 1. The Balaban J connectivity index is 2.04. The van der Waals surface area contributed by atoms with E-state index < -0.39 is 0 Å². The van der Waals surface area contributed by atoms with Gasteiger partial charge in [-0.2, -0.15) is 9.61 Å². The molecule has 3 aromatic rings. The summed E-state index contributed by atoms with van der Waals surface area (Å²) in [4.78, 5) is 4.70. The molecule has 0 bridgehead atoms. The monoisotopic (exact) mass is 324 g/mol. The first-order chi connectivity index (χ1) is 11.6. The van der Waals surface area contributed by atoms with Gasteiger partial charge in [-0.05, 0) is 25.3 Å². The maximum Gasteiger partial charge on any atom is 0.165 e. The van der Waals surface area contributed by atoms with Crippen LogP contribution in [0.25, 0.3) is 16.8 Å². The molecule has 0 aliphatic rings. The molecule has 0 unspecified atom stereocenters. The molecule has 1 aromatic carbocycles. The Kier molecular flexibility index (Phi) is 4.69. The molecule has 5 heteroatoms. The van der Waals surface area contributed by atoms with Crippen molar-refractivity contribution in [3.63, 3.8) is 0 Å². The Bertz CT molecular complexity index is 838. The zero-order valence-electron chi connectivity index (χ0n) is 14.7. The number of aryl methyl sites for hydroxylation is 1. The lowest BCUT2D eigenvalue weighted by Crippen LogP contribution is -2.09. The summed E-state index contributed by atoms with van der Waals surface area (Å²) < 4.78 is 7.36. The van der Waals surface area contributed by atoms with Crippen molar-refractivity contribution >= 4 is 11.5 Å². The molecule has 0 aliphatic carbocycles. The van der Waals surface area contributed by atoms with Crippen LogP contribution in [0.2, 0.25) is 0 Å². The summed E-state index contributed by atoms with van der Waals surface area (Å²) in [6, 6.07) is 9.99. The summed E-state index contributed by atoms with van der Waals surface area (Å²) in [5.74, 6) is 2.46. The standard InChI is InChI=1S/C19H24N4O/c1-13(2)9-10-20-18-11-14(3)22-19-16(12-21-23(18)19)15-7-5-6-8-17(15)24-4/h5-8,11-13,20H,9-10H2,1-4H3. The lowest BCUT2D eigenvalue weighted by Gasteiger charge is -2.11. The molecule has 0 fully saturated rings. The first-order valence-electron chi connectivity index (χ1n) is 8.32. The van der Waals surface area contributed by atoms with E-state index >= 15 is 0 Å². The first kappa shape index (κ1) is 16.3. The summed E-state index contributed by atoms with van der Waals surface area (Å²) in [5.41, 5.74) is 3.78. The molecule has 0 saturated carbocycles. The molecule has 0 aliphatic heterocycles. The van der Waals surface area contributed by atoms with Gasteiger partial charge in [0.1, 0.15) is 11.6 Å². The van der Waals surface area contributed by atoms with Crippen LogP contribution in [0.5, 0.6) is 5.75 Å². The summed E-state index contributed by atoms with van der Waals surface area (Å²) in [6.07, 6.45) is 2.97. The minimum Gasteiger partial charge on any atom is -0.496 e. The van der Waals surface area contributed by atoms with Crippen LogP contribution >= 0.6 is 0 Å². The van der Waals surface area contributed by atoms with Crippen LogP contribution in [-0.4, -0.2) is 28.3 Å². The smallest absolute Gasteiger partial charge is 0.165 e. The average molecular weight is 324 g/mol. The van der Waals surface area contributed by atoms with Gasteiger partial charge in [0.15, 0.2) is 5.65 Å². The van der Waals surface area contributed by atoms with Crippen LogP contribution in [0.3, 0.4) is 0 Å². The normalized spacial score (nSPS) is 11.2. The molecule has 2 aromatic heterocycles. The van der Waals surface area contributed by atoms with Crippen molar-refractivity contribution < 1.29 is 4.74 Å². The van der Waals surface area contributed by atoms with Crippen LogP contribution in [0.15, 0.2) is 36.5 Å². The molecule has 24 heavy (non-hydrogen) atoms. The maximum absolute atomic E-state index is 5.49. The molecule has 1 N–H and O–H groups in total. The summed E-state index contributed by atoms with van der Waals surface area (Å²) in [6.45, 7) is 7.37. The number of para-hydroxylation sites is 1. The molecule has 0 atom stereocenters. The van der Waals surface area contributed by atoms with Gasteiger partial charge in [-0.1, -0.05) is 32.0 Å². The van der Waals surface area contributed by atoms with Crippen LogP contribution in [-0.2, 0) is 0 Å². The van der Waals surface area contributed by atoms with E-state index in [2.05, 4.69) is 24.3 Å². The van der Waals surface area contributed by atoms with Crippen molar-refractivity contribution in [2.24, 2.45) is 5.92 Å². The number of hydrogen-bond donors (Lipinski definition) is 1. The summed E-state index contributed by atoms with van der Waals surface area (Å²) in [5, 5.41) is 8.03. The highest BCUT2D eigenvalue weighted by Gasteiger charge is 2.14. The van der Waals surface area contributed by atoms with Crippen LogP contribution in [0.4, 0.5) is 5.82 Å². The maximum atomic E-state index is 5.49. The van der Waals surface area contributed by atoms with E-state index in [9.17, 15) is 0 Å². The second-order valence-electron chi connectivity index (χ2n) is 6.39. The average Bonchev–Trinajstić information content (AvgIpc) is 2.98. The van der Waals surface area contributed by atoms with Gasteiger partial charge in [-0.25, -0.2) is 4.98 Å². The number of nitrogens with zero attached hydrogens (tertiary/aromatic N) is 3. The fourth-order valence-electron chi connectivity index (χ4n) is 2.76. The molecular weight excluding hydrogens is 300 g/mol. The highest BCUT2D eigenvalue weighted by Crippen LogP contribution is 2.32. The molecule has 0 saturated heterocycles. The van der Waals surface area contributed by atoms with Gasteiger partial charge in [0, 0.05) is 23.9 Å². The highest BCUT2D eigenvalue weighted by atomic mass is 16.5. The predicted octanol–water partition coefficient (Wildman–Crippen LogP) is 4.17. The van der Waals surface area contributed by atoms with Crippen molar-refractivity contribution in [2.75, 3.05) is 19.0 Å². The Labute approximate surface area is 142 Å². The van der Waals surface area contributed by atoms with Gasteiger partial charge >= 0.3 is 0 Å². The van der Waals surface area contributed by atoms with Gasteiger partial charge in [0.25, 0.3) is 0 Å². The molecular formula is C19H24N4O. The number of benzene rings is 1. The fraction of sp³-hybridized carbons (Fsp3) is 0.368. The quantitative estimate of drug-likeness (QED) is 0.739. The number of ether oxygens (including phenoxy) is 1. The Hall–Kier alpha value is -2.56. The minimum absolute atomic E-state index is 0.665. The molecule has 126 valence electrons. The van der Waals surface area contributed by atoms with E-state index in [4.69, 9.17) is 9.72 Å². The Morgan fingerprint density at radius 2 is 2.00 bits per heavy atom. The number of rotatable bonds is 6. The van der Waals surface area contributed by atoms with Gasteiger partial charge in [-0.15, -0.1) is 0 Å². The first-order valence-corrected chi connectivity index (χ1v) is 8.32. The van der Waals surface area contributed by atoms with Gasteiger partial charge < -0.3 is 10.1 Å². The van der Waals surface area contributed by atoms with E-state index in [1.807, 2.05) is 48.0 Å². The number of nitrogens with one attached hydrogen (secondary N) is 1. The topological polar surface area (TPSA) is 51.5 Å². The van der Waals surface area contributed by atoms with Crippen molar-refractivity contribution in [3.05, 3.63) is 42.2 Å². The van der Waals surface area contributed by atoms with Gasteiger partial charge in [0.2, 0.25) is 0 Å². The van der Waals surface area contributed by atoms with Crippen molar-refractivity contribution in [2.45, 2.75) is 27.2 Å². The van der Waals surface area contributed by atoms with Crippen LogP contribution in [0.1, 0.15) is 26.0 Å². The highest BCUT2D eigenvalue weighted by molar-refractivity contribution is 5.82. The van der Waals surface area contributed by atoms with E-state index in [1.165, 1.54) is 0 Å². The van der Waals surface area contributed by atoms with E-state index in [-0.39, 0.29) is 0 Å². The third kappa shape index (κ3) is 3.20. The van der Waals surface area contributed by atoms with Crippen molar-refractivity contribution in [1.29, 1.82) is 0 Å². The van der Waals surface area contributed by atoms with Crippen LogP contribution < -0.4 is 10.1 Å². The number of hydrogen-bond acceptors (Lipinski definition) is 4. The third-order valence-corrected chi connectivity index (χ3v) is 4.02. The summed E-state index contributed by atoms with van der Waals surface area (Å²) in [7, 11) is 1.68. The molecule has 0 spiro atoms. The molecule has 0 amide bonds. The Morgan fingerprint density at radius 1 is 1.21 bits per heavy atom. The SMILES string of the molecule is COc1ccccc1-c1cnn2c(NCCC(C)C)cc(C)nc12. The number of methoxy groups -OCH3 is 1. The van der Waals surface area contributed by atoms with E-state index in [0.717, 1.165) is 47.0 Å². The largest absolute Gasteiger partial charge is 0.496 e. The molecule has 3 rings (SSSR count). The molecule has 2 heterocycles. The summed E-state index contributed by atoms with van der Waals surface area (Å²) >= 11 is 0. The molecule has 5 nitrogen and oxygen atoms in total.